The Morgan fingerprint density at radius 2 is 2.20 bits per heavy atom. The van der Waals surface area contributed by atoms with Crippen molar-refractivity contribution in [1.82, 2.24) is 9.47 Å². The van der Waals surface area contributed by atoms with Crippen molar-refractivity contribution in [3.05, 3.63) is 22.4 Å². The van der Waals surface area contributed by atoms with Crippen LogP contribution >= 0.6 is 15.9 Å². The van der Waals surface area contributed by atoms with Gasteiger partial charge in [-0.15, -0.1) is 0 Å². The average molecular weight is 344 g/mol. The number of nitrogens with zero attached hydrogens (tertiary/aromatic N) is 2. The number of hydrogen-bond acceptors (Lipinski definition) is 3. The lowest BCUT2D eigenvalue weighted by Crippen LogP contribution is -2.50. The minimum atomic E-state index is -0.724. The van der Waals surface area contributed by atoms with E-state index in [-0.39, 0.29) is 18.5 Å². The lowest BCUT2D eigenvalue weighted by atomic mass is 10.2. The summed E-state index contributed by atoms with van der Waals surface area (Å²) in [5, 5.41) is 0. The van der Waals surface area contributed by atoms with E-state index in [4.69, 9.17) is 10.5 Å². The molecular formula is C13H18BrN3O3. The molecule has 0 radical (unpaired) electrons. The molecule has 1 aliphatic rings. The Morgan fingerprint density at radius 3 is 2.80 bits per heavy atom. The molecule has 1 aliphatic heterocycles. The first-order valence-electron chi connectivity index (χ1n) is 6.47. The second-order valence-electron chi connectivity index (χ2n) is 5.06. The summed E-state index contributed by atoms with van der Waals surface area (Å²) in [5.74, 6) is -0.651. The molecule has 1 saturated heterocycles. The van der Waals surface area contributed by atoms with Gasteiger partial charge in [-0.1, -0.05) is 0 Å². The minimum absolute atomic E-state index is 0.112. The zero-order chi connectivity index (χ0) is 14.9. The van der Waals surface area contributed by atoms with Crippen LogP contribution in [0.15, 0.2) is 16.7 Å². The lowest BCUT2D eigenvalue weighted by molar-refractivity contribution is -0.133. The van der Waals surface area contributed by atoms with E-state index in [1.807, 2.05) is 24.6 Å². The summed E-state index contributed by atoms with van der Waals surface area (Å²) >= 11 is 3.39. The van der Waals surface area contributed by atoms with E-state index in [1.165, 1.54) is 0 Å². The fourth-order valence-corrected chi connectivity index (χ4v) is 2.65. The molecule has 0 bridgehead atoms. The van der Waals surface area contributed by atoms with Gasteiger partial charge in [0.2, 0.25) is 5.91 Å². The van der Waals surface area contributed by atoms with Crippen molar-refractivity contribution in [2.75, 3.05) is 19.7 Å². The first-order valence-corrected chi connectivity index (χ1v) is 7.27. The maximum Gasteiger partial charge on any atom is 0.270 e. The van der Waals surface area contributed by atoms with Crippen molar-refractivity contribution < 1.29 is 14.3 Å². The third-order valence-corrected chi connectivity index (χ3v) is 3.70. The molecule has 0 saturated carbocycles. The van der Waals surface area contributed by atoms with E-state index in [0.717, 1.165) is 4.47 Å². The summed E-state index contributed by atoms with van der Waals surface area (Å²) in [7, 11) is 0. The van der Waals surface area contributed by atoms with Crippen LogP contribution in [0.3, 0.4) is 0 Å². The molecule has 1 aromatic heterocycles. The molecule has 0 aromatic carbocycles. The number of halogens is 1. The number of hydrogen-bond donors (Lipinski definition) is 1. The number of aromatic nitrogens is 1. The largest absolute Gasteiger partial charge is 0.367 e. The van der Waals surface area contributed by atoms with Crippen molar-refractivity contribution in [1.29, 1.82) is 0 Å². The number of morpholine rings is 1. The van der Waals surface area contributed by atoms with E-state index in [2.05, 4.69) is 15.9 Å². The molecular weight excluding hydrogens is 326 g/mol. The smallest absolute Gasteiger partial charge is 0.270 e. The number of ether oxygens (including phenoxy) is 1. The number of primary amides is 1. The normalized spacial score (nSPS) is 19.4. The minimum Gasteiger partial charge on any atom is -0.367 e. The number of carbonyl (C=O) groups is 2. The topological polar surface area (TPSA) is 77.6 Å². The standard InChI is InChI=1S/C13H18BrN3O3/c1-8(2)17-6-9(14)5-10(17)13(19)16-3-4-20-11(7-16)12(15)18/h5-6,8,11H,3-4,7H2,1-2H3,(H2,15,18)/t11-/m1/s1. The van der Waals surface area contributed by atoms with Crippen molar-refractivity contribution in [2.45, 2.75) is 26.0 Å². The Balaban J connectivity index is 2.21. The first kappa shape index (κ1) is 15.1. The van der Waals surface area contributed by atoms with Crippen LogP contribution in [0.4, 0.5) is 0 Å². The summed E-state index contributed by atoms with van der Waals surface area (Å²) in [5.41, 5.74) is 5.83. The van der Waals surface area contributed by atoms with E-state index >= 15 is 0 Å². The Bertz CT molecular complexity index is 527. The lowest BCUT2D eigenvalue weighted by Gasteiger charge is -2.31. The molecule has 1 aromatic rings. The molecule has 0 aliphatic carbocycles. The van der Waals surface area contributed by atoms with Crippen LogP contribution in [0.5, 0.6) is 0 Å². The predicted molar refractivity (Wildman–Crippen MR) is 77.4 cm³/mol. The SMILES string of the molecule is CC(C)n1cc(Br)cc1C(=O)N1CCO[C@@H](C(N)=O)C1. The van der Waals surface area contributed by atoms with Crippen molar-refractivity contribution in [3.63, 3.8) is 0 Å². The van der Waals surface area contributed by atoms with Gasteiger partial charge in [-0.3, -0.25) is 9.59 Å². The highest BCUT2D eigenvalue weighted by molar-refractivity contribution is 9.10. The number of carbonyl (C=O) groups excluding carboxylic acids is 2. The highest BCUT2D eigenvalue weighted by atomic mass is 79.9. The average Bonchev–Trinajstić information content (AvgIpc) is 2.80. The Morgan fingerprint density at radius 1 is 1.50 bits per heavy atom. The summed E-state index contributed by atoms with van der Waals surface area (Å²) in [6.07, 6.45) is 1.16. The van der Waals surface area contributed by atoms with Gasteiger partial charge < -0.3 is 19.9 Å². The summed E-state index contributed by atoms with van der Waals surface area (Å²) in [4.78, 5) is 25.4. The zero-order valence-corrected chi connectivity index (χ0v) is 13.1. The molecule has 110 valence electrons. The molecule has 0 unspecified atom stereocenters. The maximum absolute atomic E-state index is 12.6. The molecule has 2 rings (SSSR count). The second kappa shape index (κ2) is 5.97. The van der Waals surface area contributed by atoms with Crippen LogP contribution in [0, 0.1) is 0 Å². The predicted octanol–water partition coefficient (Wildman–Crippen LogP) is 1.16. The summed E-state index contributed by atoms with van der Waals surface area (Å²) < 4.78 is 8.01. The highest BCUT2D eigenvalue weighted by Gasteiger charge is 2.29. The van der Waals surface area contributed by atoms with Crippen LogP contribution in [0.1, 0.15) is 30.4 Å². The molecule has 7 heteroatoms. The summed E-state index contributed by atoms with van der Waals surface area (Å²) in [6.45, 7) is 5.00. The monoisotopic (exact) mass is 343 g/mol. The van der Waals surface area contributed by atoms with Crippen LogP contribution in [-0.2, 0) is 9.53 Å². The van der Waals surface area contributed by atoms with Gasteiger partial charge in [0.25, 0.3) is 5.91 Å². The van der Waals surface area contributed by atoms with Crippen molar-refractivity contribution in [3.8, 4) is 0 Å². The van der Waals surface area contributed by atoms with Crippen molar-refractivity contribution in [2.24, 2.45) is 5.73 Å². The summed E-state index contributed by atoms with van der Waals surface area (Å²) in [6, 6.07) is 1.96. The molecule has 2 amide bonds. The van der Waals surface area contributed by atoms with Gasteiger partial charge in [0.15, 0.2) is 6.10 Å². The first-order chi connectivity index (χ1) is 9.40. The fraction of sp³-hybridized carbons (Fsp3) is 0.538. The molecule has 2 heterocycles. The van der Waals surface area contributed by atoms with Gasteiger partial charge in [-0.05, 0) is 35.8 Å². The van der Waals surface area contributed by atoms with E-state index in [0.29, 0.717) is 18.8 Å². The fourth-order valence-electron chi connectivity index (χ4n) is 2.21. The van der Waals surface area contributed by atoms with E-state index in [9.17, 15) is 9.59 Å². The van der Waals surface area contributed by atoms with E-state index in [1.54, 1.807) is 11.0 Å². The molecule has 0 spiro atoms. The molecule has 2 N–H and O–H groups in total. The number of amides is 2. The van der Waals surface area contributed by atoms with Gasteiger partial charge >= 0.3 is 0 Å². The maximum atomic E-state index is 12.6. The van der Waals surface area contributed by atoms with Gasteiger partial charge in [-0.2, -0.15) is 0 Å². The Hall–Kier alpha value is -1.34. The molecule has 1 fully saturated rings. The quantitative estimate of drug-likeness (QED) is 0.894. The third-order valence-electron chi connectivity index (χ3n) is 3.26. The van der Waals surface area contributed by atoms with Crippen molar-refractivity contribution >= 4 is 27.7 Å². The van der Waals surface area contributed by atoms with Crippen LogP contribution in [0.25, 0.3) is 0 Å². The van der Waals surface area contributed by atoms with Crippen LogP contribution < -0.4 is 5.73 Å². The molecule has 20 heavy (non-hydrogen) atoms. The Labute approximate surface area is 126 Å². The zero-order valence-electron chi connectivity index (χ0n) is 11.5. The van der Waals surface area contributed by atoms with Gasteiger partial charge in [0, 0.05) is 23.3 Å². The van der Waals surface area contributed by atoms with Gasteiger partial charge in [0.05, 0.1) is 13.2 Å². The molecule has 1 atom stereocenters. The third kappa shape index (κ3) is 3.04. The number of nitrogens with two attached hydrogens (primary N) is 1. The van der Waals surface area contributed by atoms with Gasteiger partial charge in [-0.25, -0.2) is 0 Å². The second-order valence-corrected chi connectivity index (χ2v) is 5.97. The van der Waals surface area contributed by atoms with Crippen LogP contribution in [-0.4, -0.2) is 47.1 Å². The molecule has 6 nitrogen and oxygen atoms in total. The van der Waals surface area contributed by atoms with Crippen LogP contribution in [0.2, 0.25) is 0 Å². The van der Waals surface area contributed by atoms with Gasteiger partial charge in [0.1, 0.15) is 5.69 Å². The van der Waals surface area contributed by atoms with E-state index < -0.39 is 12.0 Å². The number of rotatable bonds is 3. The highest BCUT2D eigenvalue weighted by Crippen LogP contribution is 2.21. The Kier molecular flexibility index (Phi) is 4.49.